The Morgan fingerprint density at radius 3 is 2.70 bits per heavy atom. The Balaban J connectivity index is 1.80. The zero-order valence-corrected chi connectivity index (χ0v) is 14.1. The number of rotatable bonds is 4. The van der Waals surface area contributed by atoms with Gasteiger partial charge >= 0.3 is 0 Å². The average molecular weight is 349 g/mol. The fourth-order valence-corrected chi connectivity index (χ4v) is 3.03. The molecule has 2 N–H and O–H groups in total. The molecule has 0 aliphatic heterocycles. The Labute approximate surface area is 143 Å². The third-order valence-corrected chi connectivity index (χ3v) is 4.23. The highest BCUT2D eigenvalue weighted by molar-refractivity contribution is 6.35. The number of hydrogen-bond donors (Lipinski definition) is 2. The molecule has 1 unspecified atom stereocenters. The van der Waals surface area contributed by atoms with Gasteiger partial charge in [0, 0.05) is 10.6 Å². The number of para-hydroxylation sites is 1. The van der Waals surface area contributed by atoms with Crippen LogP contribution in [0.2, 0.25) is 10.0 Å². The van der Waals surface area contributed by atoms with E-state index in [-0.39, 0.29) is 5.56 Å². The van der Waals surface area contributed by atoms with Gasteiger partial charge in [-0.25, -0.2) is 4.98 Å². The molecule has 0 radical (unpaired) electrons. The summed E-state index contributed by atoms with van der Waals surface area (Å²) in [7, 11) is 2.03. The van der Waals surface area contributed by atoms with E-state index in [1.165, 1.54) is 0 Å². The Morgan fingerprint density at radius 1 is 1.13 bits per heavy atom. The predicted octanol–water partition coefficient (Wildman–Crippen LogP) is 2.44. The molecule has 23 heavy (non-hydrogen) atoms. The van der Waals surface area contributed by atoms with E-state index >= 15 is 0 Å². The number of nitrogens with zero attached hydrogens (tertiary/aromatic N) is 1. The molecule has 0 amide bonds. The molecule has 0 bridgehead atoms. The van der Waals surface area contributed by atoms with Crippen LogP contribution < -0.4 is 10.5 Å². The summed E-state index contributed by atoms with van der Waals surface area (Å²) in [5, 5.41) is 1.88. The molecule has 0 fully saturated rings. The standard InChI is InChI=1S/C17H15Cl2N3O/c1-22(9-11-6-7-12(18)8-14(11)19)10-16-20-15-5-3-2-4-13(15)17(23)21-16/h2-8H,9-10H2,1H3,(H,20,21,23)/p+1. The van der Waals surface area contributed by atoms with E-state index in [1.54, 1.807) is 12.1 Å². The molecule has 3 aromatic rings. The van der Waals surface area contributed by atoms with Crippen LogP contribution in [0.1, 0.15) is 11.4 Å². The molecule has 0 spiro atoms. The van der Waals surface area contributed by atoms with Crippen LogP contribution >= 0.6 is 23.2 Å². The van der Waals surface area contributed by atoms with Crippen LogP contribution in [0.15, 0.2) is 47.3 Å². The second-order valence-corrected chi connectivity index (χ2v) is 6.42. The summed E-state index contributed by atoms with van der Waals surface area (Å²) in [5.74, 6) is 0.663. The van der Waals surface area contributed by atoms with Crippen molar-refractivity contribution in [2.24, 2.45) is 0 Å². The number of H-pyrrole nitrogens is 1. The zero-order chi connectivity index (χ0) is 16.4. The monoisotopic (exact) mass is 348 g/mol. The van der Waals surface area contributed by atoms with E-state index in [9.17, 15) is 4.79 Å². The molecule has 1 atom stereocenters. The van der Waals surface area contributed by atoms with Crippen LogP contribution in [0.4, 0.5) is 0 Å². The number of quaternary nitrogens is 1. The van der Waals surface area contributed by atoms with Gasteiger partial charge in [0.25, 0.3) is 5.56 Å². The van der Waals surface area contributed by atoms with Crippen molar-refractivity contribution < 1.29 is 4.90 Å². The Kier molecular flexibility index (Phi) is 4.66. The van der Waals surface area contributed by atoms with E-state index in [0.29, 0.717) is 39.9 Å². The van der Waals surface area contributed by atoms with Crippen molar-refractivity contribution in [2.75, 3.05) is 7.05 Å². The van der Waals surface area contributed by atoms with E-state index in [0.717, 1.165) is 10.5 Å². The van der Waals surface area contributed by atoms with Crippen LogP contribution in [-0.4, -0.2) is 17.0 Å². The van der Waals surface area contributed by atoms with E-state index < -0.39 is 0 Å². The minimum absolute atomic E-state index is 0.108. The highest BCUT2D eigenvalue weighted by Crippen LogP contribution is 2.20. The number of halogens is 2. The fraction of sp³-hybridized carbons (Fsp3) is 0.176. The molecule has 1 heterocycles. The van der Waals surface area contributed by atoms with Gasteiger partial charge in [-0.05, 0) is 24.3 Å². The molecule has 0 saturated carbocycles. The van der Waals surface area contributed by atoms with E-state index in [1.807, 2.05) is 37.4 Å². The zero-order valence-electron chi connectivity index (χ0n) is 12.6. The molecule has 0 aliphatic carbocycles. The molecule has 0 saturated heterocycles. The van der Waals surface area contributed by atoms with Crippen molar-refractivity contribution in [3.05, 3.63) is 74.3 Å². The number of aromatic nitrogens is 2. The number of aromatic amines is 1. The number of nitrogens with one attached hydrogen (secondary N) is 2. The SMILES string of the molecule is C[NH+](Cc1nc2ccccc2c(=O)[nH]1)Cc1ccc(Cl)cc1Cl. The maximum absolute atomic E-state index is 12.1. The number of hydrogen-bond acceptors (Lipinski definition) is 2. The fourth-order valence-electron chi connectivity index (χ4n) is 2.56. The van der Waals surface area contributed by atoms with Crippen molar-refractivity contribution >= 4 is 34.1 Å². The summed E-state index contributed by atoms with van der Waals surface area (Å²) in [6.45, 7) is 1.31. The van der Waals surface area contributed by atoms with Crippen LogP contribution in [0.25, 0.3) is 10.9 Å². The van der Waals surface area contributed by atoms with Crippen LogP contribution in [0, 0.1) is 0 Å². The summed E-state index contributed by atoms with van der Waals surface area (Å²) in [6.07, 6.45) is 0. The lowest BCUT2D eigenvalue weighted by Gasteiger charge is -2.14. The lowest BCUT2D eigenvalue weighted by molar-refractivity contribution is -0.908. The van der Waals surface area contributed by atoms with Gasteiger partial charge in [-0.2, -0.15) is 0 Å². The van der Waals surface area contributed by atoms with Crippen molar-refractivity contribution in [2.45, 2.75) is 13.1 Å². The summed E-state index contributed by atoms with van der Waals surface area (Å²) < 4.78 is 0. The lowest BCUT2D eigenvalue weighted by atomic mass is 10.2. The first-order valence-electron chi connectivity index (χ1n) is 7.26. The van der Waals surface area contributed by atoms with Gasteiger partial charge in [-0.3, -0.25) is 4.79 Å². The van der Waals surface area contributed by atoms with Crippen molar-refractivity contribution in [3.63, 3.8) is 0 Å². The summed E-state index contributed by atoms with van der Waals surface area (Å²) in [4.78, 5) is 20.6. The summed E-state index contributed by atoms with van der Waals surface area (Å²) in [5.41, 5.74) is 1.61. The lowest BCUT2D eigenvalue weighted by Crippen LogP contribution is -3.06. The molecular formula is C17H16Cl2N3O+. The predicted molar refractivity (Wildman–Crippen MR) is 93.1 cm³/mol. The number of benzene rings is 2. The van der Waals surface area contributed by atoms with Gasteiger partial charge in [0.1, 0.15) is 13.1 Å². The van der Waals surface area contributed by atoms with E-state index in [4.69, 9.17) is 23.2 Å². The van der Waals surface area contributed by atoms with Gasteiger partial charge in [-0.1, -0.05) is 41.4 Å². The molecule has 118 valence electrons. The largest absolute Gasteiger partial charge is 0.327 e. The Hall–Kier alpha value is -1.88. The minimum Gasteiger partial charge on any atom is -0.327 e. The average Bonchev–Trinajstić information content (AvgIpc) is 2.50. The van der Waals surface area contributed by atoms with Gasteiger partial charge in [0.2, 0.25) is 0 Å². The summed E-state index contributed by atoms with van der Waals surface area (Å²) >= 11 is 12.1. The minimum atomic E-state index is -0.108. The van der Waals surface area contributed by atoms with Gasteiger partial charge in [0.05, 0.1) is 23.0 Å². The topological polar surface area (TPSA) is 50.2 Å². The first-order valence-corrected chi connectivity index (χ1v) is 8.01. The molecule has 0 aliphatic rings. The molecule has 2 aromatic carbocycles. The second kappa shape index (κ2) is 6.71. The van der Waals surface area contributed by atoms with E-state index in [2.05, 4.69) is 9.97 Å². The normalized spacial score (nSPS) is 12.5. The maximum Gasteiger partial charge on any atom is 0.258 e. The molecular weight excluding hydrogens is 333 g/mol. The van der Waals surface area contributed by atoms with Crippen molar-refractivity contribution in [1.29, 1.82) is 0 Å². The smallest absolute Gasteiger partial charge is 0.258 e. The first-order chi connectivity index (χ1) is 11.0. The third kappa shape index (κ3) is 3.72. The molecule has 3 rings (SSSR count). The second-order valence-electron chi connectivity index (χ2n) is 5.58. The molecule has 4 nitrogen and oxygen atoms in total. The Bertz CT molecular complexity index is 908. The van der Waals surface area contributed by atoms with Crippen molar-refractivity contribution in [1.82, 2.24) is 9.97 Å². The summed E-state index contributed by atoms with van der Waals surface area (Å²) in [6, 6.07) is 12.8. The Morgan fingerprint density at radius 2 is 1.91 bits per heavy atom. The third-order valence-electron chi connectivity index (χ3n) is 3.64. The number of fused-ring (bicyclic) bond motifs is 1. The quantitative estimate of drug-likeness (QED) is 0.760. The highest BCUT2D eigenvalue weighted by Gasteiger charge is 2.11. The van der Waals surface area contributed by atoms with Crippen molar-refractivity contribution in [3.8, 4) is 0 Å². The molecule has 6 heteroatoms. The maximum atomic E-state index is 12.1. The van der Waals surface area contributed by atoms with Gasteiger partial charge in [-0.15, -0.1) is 0 Å². The molecule has 1 aromatic heterocycles. The van der Waals surface area contributed by atoms with Crippen LogP contribution in [0.3, 0.4) is 0 Å². The van der Waals surface area contributed by atoms with Crippen LogP contribution in [0.5, 0.6) is 0 Å². The van der Waals surface area contributed by atoms with Gasteiger partial charge in [0.15, 0.2) is 5.82 Å². The first kappa shape index (κ1) is 16.0. The highest BCUT2D eigenvalue weighted by atomic mass is 35.5. The van der Waals surface area contributed by atoms with Crippen LogP contribution in [-0.2, 0) is 13.1 Å². The van der Waals surface area contributed by atoms with Gasteiger partial charge < -0.3 is 9.88 Å².